The van der Waals surface area contributed by atoms with Gasteiger partial charge in [0.2, 0.25) is 0 Å². The van der Waals surface area contributed by atoms with Crippen LogP contribution in [0.15, 0.2) is 11.1 Å². The molecule has 2 nitrogen and oxygen atoms in total. The number of hydrogen-bond donors (Lipinski definition) is 1. The summed E-state index contributed by atoms with van der Waals surface area (Å²) in [6.45, 7) is 16.1. The van der Waals surface area contributed by atoms with E-state index in [1.165, 1.54) is 11.1 Å². The van der Waals surface area contributed by atoms with E-state index in [9.17, 15) is 0 Å². The van der Waals surface area contributed by atoms with Gasteiger partial charge in [0.15, 0.2) is 0 Å². The summed E-state index contributed by atoms with van der Waals surface area (Å²) in [7, 11) is 0. The summed E-state index contributed by atoms with van der Waals surface area (Å²) in [4.78, 5) is 0. The lowest BCUT2D eigenvalue weighted by Crippen LogP contribution is -2.25. The van der Waals surface area contributed by atoms with Gasteiger partial charge in [-0.25, -0.2) is 0 Å². The molecule has 0 aliphatic carbocycles. The van der Waals surface area contributed by atoms with Crippen LogP contribution in [0.4, 0.5) is 0 Å². The fourth-order valence-corrected chi connectivity index (χ4v) is 0. The van der Waals surface area contributed by atoms with Crippen LogP contribution in [0.25, 0.3) is 0 Å². The van der Waals surface area contributed by atoms with E-state index in [2.05, 4.69) is 27.7 Å². The first-order valence-electron chi connectivity index (χ1n) is 4.92. The lowest BCUT2D eigenvalue weighted by molar-refractivity contribution is 0.0327. The highest BCUT2D eigenvalue weighted by molar-refractivity contribution is 5.02. The fourth-order valence-electron chi connectivity index (χ4n) is 0. The Hall–Kier alpha value is -0.340. The maximum Gasteiger partial charge on any atom is 0.0614 e. The lowest BCUT2D eigenvalue weighted by Gasteiger charge is -2.21. The van der Waals surface area contributed by atoms with E-state index in [0.29, 0.717) is 5.92 Å². The van der Waals surface area contributed by atoms with Crippen molar-refractivity contribution < 1.29 is 10.6 Å². The van der Waals surface area contributed by atoms with Crippen molar-refractivity contribution in [3.8, 4) is 0 Å². The quantitative estimate of drug-likeness (QED) is 0.656. The Kier molecular flexibility index (Phi) is 11.0. The van der Waals surface area contributed by atoms with Gasteiger partial charge in [-0.05, 0) is 47.5 Å². The third kappa shape index (κ3) is 14.2. The molecule has 2 heteroatoms. The molecule has 3 N–H and O–H groups in total. The van der Waals surface area contributed by atoms with E-state index >= 15 is 0 Å². The minimum Gasteiger partial charge on any atom is -0.412 e. The summed E-state index contributed by atoms with van der Waals surface area (Å²) >= 11 is 0. The molecule has 0 unspecified atom stereocenters. The predicted molar refractivity (Wildman–Crippen MR) is 64.5 cm³/mol. The zero-order valence-electron chi connectivity index (χ0n) is 11.0. The van der Waals surface area contributed by atoms with Crippen LogP contribution in [0.3, 0.4) is 0 Å². The first kappa shape index (κ1) is 19.3. The van der Waals surface area contributed by atoms with E-state index in [0.717, 1.165) is 0 Å². The van der Waals surface area contributed by atoms with Crippen molar-refractivity contribution in [2.24, 2.45) is 5.92 Å². The number of hydrogen-bond acceptors (Lipinski definition) is 1. The summed E-state index contributed by atoms with van der Waals surface area (Å²) in [6.07, 6.45) is 0. The second-order valence-electron chi connectivity index (χ2n) is 4.81. The molecule has 14 heavy (non-hydrogen) atoms. The van der Waals surface area contributed by atoms with Crippen LogP contribution >= 0.6 is 0 Å². The molecule has 0 aromatic carbocycles. The van der Waals surface area contributed by atoms with Crippen LogP contribution in [0.1, 0.15) is 55.4 Å². The van der Waals surface area contributed by atoms with E-state index in [4.69, 9.17) is 5.11 Å². The number of allylic oxidation sites excluding steroid dienone is 2. The highest BCUT2D eigenvalue weighted by Crippen LogP contribution is 2.12. The maximum absolute atomic E-state index is 9.09. The summed E-state index contributed by atoms with van der Waals surface area (Å²) < 4.78 is 0. The minimum absolute atomic E-state index is 0. The van der Waals surface area contributed by atoms with Gasteiger partial charge in [0.25, 0.3) is 0 Å². The van der Waals surface area contributed by atoms with Crippen molar-refractivity contribution in [1.82, 2.24) is 0 Å². The van der Waals surface area contributed by atoms with Crippen molar-refractivity contribution in [2.45, 2.75) is 61.0 Å². The van der Waals surface area contributed by atoms with Crippen LogP contribution in [0.5, 0.6) is 0 Å². The Bertz CT molecular complexity index is 144. The highest BCUT2D eigenvalue weighted by Gasteiger charge is 2.16. The molecule has 0 heterocycles. The Morgan fingerprint density at radius 2 is 1.07 bits per heavy atom. The van der Waals surface area contributed by atoms with Gasteiger partial charge in [0.05, 0.1) is 5.60 Å². The molecule has 0 aromatic heterocycles. The van der Waals surface area contributed by atoms with Crippen molar-refractivity contribution in [3.63, 3.8) is 0 Å². The van der Waals surface area contributed by atoms with Crippen LogP contribution in [-0.4, -0.2) is 16.2 Å². The molecule has 88 valence electrons. The molecule has 0 rings (SSSR count). The van der Waals surface area contributed by atoms with Gasteiger partial charge >= 0.3 is 0 Å². The minimum atomic E-state index is -0.500. The lowest BCUT2D eigenvalue weighted by atomic mass is 9.95. The van der Waals surface area contributed by atoms with E-state index < -0.39 is 5.60 Å². The smallest absolute Gasteiger partial charge is 0.0614 e. The highest BCUT2D eigenvalue weighted by atomic mass is 16.3. The molecule has 0 saturated carbocycles. The standard InChI is InChI=1S/C6H14O.C6H12.H2O/c1-5(2)6(3,4)7;1-5(2)6(3)4;/h5,7H,1-4H3;1-4H3;1H2. The topological polar surface area (TPSA) is 51.7 Å². The zero-order chi connectivity index (χ0) is 11.2. The van der Waals surface area contributed by atoms with Crippen molar-refractivity contribution in [1.29, 1.82) is 0 Å². The van der Waals surface area contributed by atoms with Crippen LogP contribution < -0.4 is 0 Å². The van der Waals surface area contributed by atoms with Gasteiger partial charge < -0.3 is 10.6 Å². The molecule has 0 amide bonds. The van der Waals surface area contributed by atoms with Gasteiger partial charge in [-0.3, -0.25) is 0 Å². The molecule has 0 atom stereocenters. The SMILES string of the molecule is CC(C)=C(C)C.CC(C)C(C)(C)O.O. The molecular weight excluding hydrogens is 176 g/mol. The van der Waals surface area contributed by atoms with Gasteiger partial charge in [-0.2, -0.15) is 0 Å². The Balaban J connectivity index is -0.000000163. The molecule has 0 aliphatic heterocycles. The third-order valence-electron chi connectivity index (χ3n) is 2.41. The monoisotopic (exact) mass is 204 g/mol. The number of aliphatic hydroxyl groups is 1. The largest absolute Gasteiger partial charge is 0.412 e. The summed E-state index contributed by atoms with van der Waals surface area (Å²) in [5, 5.41) is 9.09. The molecule has 0 aromatic rings. The first-order valence-corrected chi connectivity index (χ1v) is 4.92. The average molecular weight is 204 g/mol. The molecule has 0 saturated heterocycles. The van der Waals surface area contributed by atoms with Crippen LogP contribution in [0, 0.1) is 5.92 Å². The number of rotatable bonds is 1. The van der Waals surface area contributed by atoms with Crippen molar-refractivity contribution >= 4 is 0 Å². The summed E-state index contributed by atoms with van der Waals surface area (Å²) in [6, 6.07) is 0. The Morgan fingerprint density at radius 1 is 0.929 bits per heavy atom. The Labute approximate surface area is 89.3 Å². The molecule has 0 bridgehead atoms. The normalized spacial score (nSPS) is 9.86. The first-order chi connectivity index (χ1) is 5.59. The van der Waals surface area contributed by atoms with E-state index in [-0.39, 0.29) is 5.48 Å². The van der Waals surface area contributed by atoms with Crippen molar-refractivity contribution in [2.75, 3.05) is 0 Å². The second kappa shape index (κ2) is 8.01. The third-order valence-corrected chi connectivity index (χ3v) is 2.41. The second-order valence-corrected chi connectivity index (χ2v) is 4.81. The molecular formula is C12H28O2. The molecule has 0 aliphatic rings. The predicted octanol–water partition coefficient (Wildman–Crippen LogP) is 2.95. The average Bonchev–Trinajstić information content (AvgIpc) is 1.86. The zero-order valence-corrected chi connectivity index (χ0v) is 11.0. The molecule has 0 spiro atoms. The summed E-state index contributed by atoms with van der Waals surface area (Å²) in [5.41, 5.74) is 2.35. The molecule has 0 radical (unpaired) electrons. The maximum atomic E-state index is 9.09. The Morgan fingerprint density at radius 3 is 1.07 bits per heavy atom. The fraction of sp³-hybridized carbons (Fsp3) is 0.833. The van der Waals surface area contributed by atoms with Gasteiger partial charge in [-0.1, -0.05) is 25.0 Å². The van der Waals surface area contributed by atoms with Crippen molar-refractivity contribution in [3.05, 3.63) is 11.1 Å². The van der Waals surface area contributed by atoms with Gasteiger partial charge in [0, 0.05) is 0 Å². The van der Waals surface area contributed by atoms with E-state index in [1.54, 1.807) is 0 Å². The van der Waals surface area contributed by atoms with Crippen LogP contribution in [-0.2, 0) is 0 Å². The van der Waals surface area contributed by atoms with Gasteiger partial charge in [0.1, 0.15) is 0 Å². The summed E-state index contributed by atoms with van der Waals surface area (Å²) in [5.74, 6) is 0.354. The molecule has 0 fully saturated rings. The van der Waals surface area contributed by atoms with Gasteiger partial charge in [-0.15, -0.1) is 0 Å². The van der Waals surface area contributed by atoms with Crippen LogP contribution in [0.2, 0.25) is 0 Å². The van der Waals surface area contributed by atoms with E-state index in [1.807, 2.05) is 27.7 Å².